The van der Waals surface area contributed by atoms with Crippen LogP contribution in [0.1, 0.15) is 18.4 Å². The molecule has 0 saturated carbocycles. The summed E-state index contributed by atoms with van der Waals surface area (Å²) in [7, 11) is 5.89. The summed E-state index contributed by atoms with van der Waals surface area (Å²) < 4.78 is 27.2. The lowest BCUT2D eigenvalue weighted by Gasteiger charge is -2.37. The summed E-state index contributed by atoms with van der Waals surface area (Å²) in [4.78, 5) is 15.1. The van der Waals surface area contributed by atoms with Gasteiger partial charge in [-0.05, 0) is 37.1 Å². The Hall–Kier alpha value is -2.28. The topological polar surface area (TPSA) is 35.5 Å². The summed E-state index contributed by atoms with van der Waals surface area (Å²) >= 11 is 0. The lowest BCUT2D eigenvalue weighted by molar-refractivity contribution is 0.200. The molecule has 0 radical (unpaired) electrons. The maximum absolute atomic E-state index is 13.8. The van der Waals surface area contributed by atoms with E-state index in [9.17, 15) is 8.78 Å². The van der Waals surface area contributed by atoms with E-state index in [-0.39, 0.29) is 5.82 Å². The van der Waals surface area contributed by atoms with Crippen molar-refractivity contribution in [3.63, 3.8) is 0 Å². The smallest absolute Gasteiger partial charge is 0.226 e. The van der Waals surface area contributed by atoms with Crippen molar-refractivity contribution in [1.29, 1.82) is 0 Å². The van der Waals surface area contributed by atoms with Crippen LogP contribution < -0.4 is 9.80 Å². The fraction of sp³-hybridized carbons (Fsp3) is 0.474. The first-order valence-electron chi connectivity index (χ1n) is 8.83. The Labute approximate surface area is 153 Å². The minimum Gasteiger partial charge on any atom is -0.356 e. The van der Waals surface area contributed by atoms with Crippen molar-refractivity contribution in [2.24, 2.45) is 0 Å². The average Bonchev–Trinajstić information content (AvgIpc) is 2.65. The second-order valence-electron chi connectivity index (χ2n) is 6.96. The van der Waals surface area contributed by atoms with Crippen molar-refractivity contribution < 1.29 is 8.78 Å². The molecule has 0 unspecified atom stereocenters. The number of rotatable bonds is 5. The molecular formula is C19H25F2N5. The maximum atomic E-state index is 13.8. The molecule has 0 aliphatic carbocycles. The van der Waals surface area contributed by atoms with Gasteiger partial charge in [0, 0.05) is 58.6 Å². The summed E-state index contributed by atoms with van der Waals surface area (Å²) in [5.74, 6) is 0.853. The van der Waals surface area contributed by atoms with Gasteiger partial charge < -0.3 is 9.80 Å². The Morgan fingerprint density at radius 2 is 1.85 bits per heavy atom. The van der Waals surface area contributed by atoms with Crippen LogP contribution in [0.4, 0.5) is 20.5 Å². The van der Waals surface area contributed by atoms with E-state index >= 15 is 0 Å². The monoisotopic (exact) mass is 361 g/mol. The first kappa shape index (κ1) is 18.5. The Morgan fingerprint density at radius 1 is 1.12 bits per heavy atom. The largest absolute Gasteiger partial charge is 0.356 e. The Bertz CT molecular complexity index is 744. The molecule has 1 aromatic heterocycles. The normalized spacial score (nSPS) is 15.9. The fourth-order valence-electron chi connectivity index (χ4n) is 3.31. The van der Waals surface area contributed by atoms with Crippen LogP contribution >= 0.6 is 0 Å². The van der Waals surface area contributed by atoms with Gasteiger partial charge in [0.05, 0.1) is 0 Å². The standard InChI is InChI=1S/C19H25F2N5/c1-24(2)19-22-9-6-18(23-19)25(3)16-7-10-26(11-8-16)13-14-12-15(20)4-5-17(14)21/h4-6,9,12,16H,7-8,10-11,13H2,1-3H3. The van der Waals surface area contributed by atoms with Gasteiger partial charge >= 0.3 is 0 Å². The van der Waals surface area contributed by atoms with Crippen LogP contribution in [0, 0.1) is 11.6 Å². The van der Waals surface area contributed by atoms with Crippen LogP contribution in [-0.4, -0.2) is 55.1 Å². The molecule has 1 aliphatic rings. The number of hydrogen-bond donors (Lipinski definition) is 0. The van der Waals surface area contributed by atoms with Crippen LogP contribution in [0.5, 0.6) is 0 Å². The fourth-order valence-corrected chi connectivity index (χ4v) is 3.31. The van der Waals surface area contributed by atoms with Gasteiger partial charge in [-0.1, -0.05) is 0 Å². The molecule has 1 saturated heterocycles. The van der Waals surface area contributed by atoms with Gasteiger partial charge in [-0.15, -0.1) is 0 Å². The van der Waals surface area contributed by atoms with E-state index in [0.717, 1.165) is 37.8 Å². The predicted octanol–water partition coefficient (Wildman–Crippen LogP) is 2.92. The number of benzene rings is 1. The average molecular weight is 361 g/mol. The number of halogens is 2. The minimum absolute atomic E-state index is 0.345. The molecule has 5 nitrogen and oxygen atoms in total. The highest BCUT2D eigenvalue weighted by molar-refractivity contribution is 5.43. The molecule has 0 atom stereocenters. The second-order valence-corrected chi connectivity index (χ2v) is 6.96. The lowest BCUT2D eigenvalue weighted by Crippen LogP contribution is -2.43. The third-order valence-corrected chi connectivity index (χ3v) is 4.90. The molecule has 26 heavy (non-hydrogen) atoms. The Morgan fingerprint density at radius 3 is 2.54 bits per heavy atom. The zero-order valence-corrected chi connectivity index (χ0v) is 15.5. The molecule has 0 spiro atoms. The summed E-state index contributed by atoms with van der Waals surface area (Å²) in [5, 5.41) is 0. The number of piperidine rings is 1. The highest BCUT2D eigenvalue weighted by atomic mass is 19.1. The highest BCUT2D eigenvalue weighted by Gasteiger charge is 2.24. The molecule has 7 heteroatoms. The third kappa shape index (κ3) is 4.27. The number of nitrogens with zero attached hydrogens (tertiary/aromatic N) is 5. The number of anilines is 2. The Kier molecular flexibility index (Phi) is 5.66. The molecule has 0 bridgehead atoms. The molecule has 1 aliphatic heterocycles. The molecule has 140 valence electrons. The molecular weight excluding hydrogens is 336 g/mol. The summed E-state index contributed by atoms with van der Waals surface area (Å²) in [6.45, 7) is 2.13. The van der Waals surface area contributed by atoms with E-state index in [4.69, 9.17) is 0 Å². The molecule has 2 aromatic rings. The van der Waals surface area contributed by atoms with E-state index in [2.05, 4.69) is 19.8 Å². The summed E-state index contributed by atoms with van der Waals surface area (Å²) in [6.07, 6.45) is 3.68. The predicted molar refractivity (Wildman–Crippen MR) is 99.4 cm³/mol. The first-order chi connectivity index (χ1) is 12.4. The van der Waals surface area contributed by atoms with Gasteiger partial charge in [0.1, 0.15) is 17.5 Å². The second kappa shape index (κ2) is 7.95. The van der Waals surface area contributed by atoms with Crippen LogP contribution in [-0.2, 0) is 6.54 Å². The van der Waals surface area contributed by atoms with Crippen molar-refractivity contribution in [3.8, 4) is 0 Å². The van der Waals surface area contributed by atoms with Gasteiger partial charge in [0.25, 0.3) is 0 Å². The van der Waals surface area contributed by atoms with Gasteiger partial charge in [-0.25, -0.2) is 13.8 Å². The maximum Gasteiger partial charge on any atom is 0.226 e. The van der Waals surface area contributed by atoms with Gasteiger partial charge in [0.15, 0.2) is 0 Å². The lowest BCUT2D eigenvalue weighted by atomic mass is 10.0. The third-order valence-electron chi connectivity index (χ3n) is 4.90. The molecule has 1 aromatic carbocycles. The van der Waals surface area contributed by atoms with E-state index in [0.29, 0.717) is 24.1 Å². The van der Waals surface area contributed by atoms with Crippen molar-refractivity contribution in [3.05, 3.63) is 47.7 Å². The molecule has 1 fully saturated rings. The number of aromatic nitrogens is 2. The molecule has 0 N–H and O–H groups in total. The van der Waals surface area contributed by atoms with Crippen molar-refractivity contribution >= 4 is 11.8 Å². The van der Waals surface area contributed by atoms with Gasteiger partial charge in [0.2, 0.25) is 5.95 Å². The van der Waals surface area contributed by atoms with E-state index in [1.165, 1.54) is 12.1 Å². The van der Waals surface area contributed by atoms with Crippen LogP contribution in [0.3, 0.4) is 0 Å². The highest BCUT2D eigenvalue weighted by Crippen LogP contribution is 2.23. The Balaban J connectivity index is 1.59. The molecule has 2 heterocycles. The molecule has 3 rings (SSSR count). The minimum atomic E-state index is -0.392. The quantitative estimate of drug-likeness (QED) is 0.818. The number of likely N-dealkylation sites (tertiary alicyclic amines) is 1. The zero-order chi connectivity index (χ0) is 18.7. The van der Waals surface area contributed by atoms with E-state index < -0.39 is 5.82 Å². The SMILES string of the molecule is CN(C)c1nccc(N(C)C2CCN(Cc3cc(F)ccc3F)CC2)n1. The first-order valence-corrected chi connectivity index (χ1v) is 8.83. The summed E-state index contributed by atoms with van der Waals surface area (Å²) in [5.41, 5.74) is 0.420. The molecule has 0 amide bonds. The summed E-state index contributed by atoms with van der Waals surface area (Å²) in [6, 6.07) is 5.93. The van der Waals surface area contributed by atoms with Crippen molar-refractivity contribution in [2.45, 2.75) is 25.4 Å². The van der Waals surface area contributed by atoms with E-state index in [1.54, 1.807) is 6.20 Å². The van der Waals surface area contributed by atoms with Crippen molar-refractivity contribution in [1.82, 2.24) is 14.9 Å². The van der Waals surface area contributed by atoms with Gasteiger partial charge in [-0.3, -0.25) is 4.90 Å². The van der Waals surface area contributed by atoms with Crippen LogP contribution in [0.25, 0.3) is 0 Å². The zero-order valence-electron chi connectivity index (χ0n) is 15.5. The van der Waals surface area contributed by atoms with Crippen LogP contribution in [0.2, 0.25) is 0 Å². The van der Waals surface area contributed by atoms with Crippen molar-refractivity contribution in [2.75, 3.05) is 44.0 Å². The van der Waals surface area contributed by atoms with E-state index in [1.807, 2.05) is 32.1 Å². The van der Waals surface area contributed by atoms with Gasteiger partial charge in [-0.2, -0.15) is 4.98 Å². The number of hydrogen-bond acceptors (Lipinski definition) is 5. The van der Waals surface area contributed by atoms with Crippen LogP contribution in [0.15, 0.2) is 30.5 Å².